The van der Waals surface area contributed by atoms with Crippen molar-refractivity contribution >= 4 is 26.6 Å². The van der Waals surface area contributed by atoms with Crippen molar-refractivity contribution in [1.29, 1.82) is 0 Å². The number of fused-ring (bicyclic) bond motifs is 1. The molecule has 0 amide bonds. The molecule has 1 aromatic heterocycles. The summed E-state index contributed by atoms with van der Waals surface area (Å²) in [4.78, 5) is 1.91. The average Bonchev–Trinajstić information content (AvgIpc) is 3.12. The van der Waals surface area contributed by atoms with E-state index in [2.05, 4.69) is 10.0 Å². The zero-order valence-corrected chi connectivity index (χ0v) is 20.3. The molecule has 1 aliphatic rings. The number of rotatable bonds is 7. The van der Waals surface area contributed by atoms with E-state index < -0.39 is 35.0 Å². The summed E-state index contributed by atoms with van der Waals surface area (Å²) in [5.41, 5.74) is 2.59. The number of hydrogen-bond donors (Lipinski definition) is 2. The Labute approximate surface area is 202 Å². The molecule has 1 saturated heterocycles. The van der Waals surface area contributed by atoms with Crippen LogP contribution in [-0.4, -0.2) is 62.7 Å². The van der Waals surface area contributed by atoms with Gasteiger partial charge >= 0.3 is 6.18 Å². The van der Waals surface area contributed by atoms with Gasteiger partial charge in [0.2, 0.25) is 10.0 Å². The Morgan fingerprint density at radius 2 is 1.83 bits per heavy atom. The van der Waals surface area contributed by atoms with Gasteiger partial charge in [-0.3, -0.25) is 0 Å². The van der Waals surface area contributed by atoms with E-state index in [4.69, 9.17) is 0 Å². The molecule has 3 aromatic rings. The minimum atomic E-state index is -4.44. The van der Waals surface area contributed by atoms with Gasteiger partial charge in [-0.25, -0.2) is 17.5 Å². The fraction of sp³-hybridized carbons (Fsp3) is 0.417. The number of aromatic nitrogens is 1. The molecule has 0 aliphatic carbocycles. The number of alkyl halides is 4. The van der Waals surface area contributed by atoms with Crippen molar-refractivity contribution in [2.75, 3.05) is 31.7 Å². The third-order valence-corrected chi connectivity index (χ3v) is 6.83. The molecule has 0 unspecified atom stereocenters. The Kier molecular flexibility index (Phi) is 7.12. The third kappa shape index (κ3) is 6.33. The lowest BCUT2D eigenvalue weighted by Crippen LogP contribution is -2.46. The molecule has 0 saturated carbocycles. The van der Waals surface area contributed by atoms with E-state index in [0.717, 1.165) is 12.8 Å². The first-order chi connectivity index (χ1) is 16.4. The van der Waals surface area contributed by atoms with Crippen LogP contribution in [0.25, 0.3) is 22.2 Å². The maximum absolute atomic E-state index is 14.6. The third-order valence-electron chi connectivity index (χ3n) is 6.16. The first-order valence-electron chi connectivity index (χ1n) is 11.2. The summed E-state index contributed by atoms with van der Waals surface area (Å²) >= 11 is 0. The lowest BCUT2D eigenvalue weighted by atomic mass is 10.0. The Morgan fingerprint density at radius 3 is 2.46 bits per heavy atom. The number of likely N-dealkylation sites (tertiary alicyclic amines) is 1. The van der Waals surface area contributed by atoms with Gasteiger partial charge in [0.25, 0.3) is 0 Å². The van der Waals surface area contributed by atoms with Gasteiger partial charge in [-0.05, 0) is 42.8 Å². The van der Waals surface area contributed by atoms with Gasteiger partial charge in [0.1, 0.15) is 12.7 Å². The van der Waals surface area contributed by atoms with Crippen LogP contribution in [0.2, 0.25) is 0 Å². The van der Waals surface area contributed by atoms with Gasteiger partial charge in [0, 0.05) is 36.4 Å². The van der Waals surface area contributed by atoms with Crippen LogP contribution < -0.4 is 10.0 Å². The minimum Gasteiger partial charge on any atom is -0.379 e. The molecule has 2 heterocycles. The number of benzene rings is 2. The molecule has 6 nitrogen and oxygen atoms in total. The number of piperidine rings is 1. The number of sulfonamides is 1. The highest BCUT2D eigenvalue weighted by Crippen LogP contribution is 2.36. The van der Waals surface area contributed by atoms with Crippen LogP contribution in [0.5, 0.6) is 0 Å². The van der Waals surface area contributed by atoms with Crippen molar-refractivity contribution in [1.82, 2.24) is 14.2 Å². The zero-order chi connectivity index (χ0) is 25.4. The Bertz CT molecular complexity index is 1290. The summed E-state index contributed by atoms with van der Waals surface area (Å²) < 4.78 is 81.5. The number of anilines is 1. The number of nitrogens with one attached hydrogen (secondary N) is 2. The Balaban J connectivity index is 1.71. The van der Waals surface area contributed by atoms with E-state index in [-0.39, 0.29) is 6.54 Å². The monoisotopic (exact) mass is 512 g/mol. The van der Waals surface area contributed by atoms with Crippen molar-refractivity contribution in [3.63, 3.8) is 0 Å². The zero-order valence-electron chi connectivity index (χ0n) is 19.4. The molecular weight excluding hydrogens is 484 g/mol. The number of halogens is 4. The van der Waals surface area contributed by atoms with Gasteiger partial charge in [-0.2, -0.15) is 13.2 Å². The highest BCUT2D eigenvalue weighted by atomic mass is 32.2. The Morgan fingerprint density at radius 1 is 1.11 bits per heavy atom. The first-order valence-corrected chi connectivity index (χ1v) is 13.1. The molecule has 0 spiro atoms. The largest absolute Gasteiger partial charge is 0.406 e. The number of nitrogens with zero attached hydrogens (tertiary/aromatic N) is 2. The molecule has 4 rings (SSSR count). The van der Waals surface area contributed by atoms with Gasteiger partial charge in [-0.15, -0.1) is 0 Å². The Hall–Kier alpha value is -2.63. The van der Waals surface area contributed by atoms with Crippen LogP contribution in [0.15, 0.2) is 48.5 Å². The summed E-state index contributed by atoms with van der Waals surface area (Å²) in [6, 6.07) is 13.0. The highest BCUT2D eigenvalue weighted by molar-refractivity contribution is 7.88. The average molecular weight is 513 g/mol. The van der Waals surface area contributed by atoms with Gasteiger partial charge in [0.15, 0.2) is 0 Å². The fourth-order valence-corrected chi connectivity index (χ4v) is 4.85. The van der Waals surface area contributed by atoms with Crippen LogP contribution >= 0.6 is 0 Å². The second-order valence-electron chi connectivity index (χ2n) is 9.08. The van der Waals surface area contributed by atoms with Gasteiger partial charge < -0.3 is 14.8 Å². The van der Waals surface area contributed by atoms with E-state index in [1.165, 1.54) is 4.57 Å². The molecule has 35 heavy (non-hydrogen) atoms. The van der Waals surface area contributed by atoms with E-state index >= 15 is 0 Å². The molecule has 0 radical (unpaired) electrons. The predicted octanol–water partition coefficient (Wildman–Crippen LogP) is 4.37. The normalized spacial score (nSPS) is 19.8. The second kappa shape index (κ2) is 9.79. The number of hydrogen-bond acceptors (Lipinski definition) is 4. The van der Waals surface area contributed by atoms with E-state index in [1.807, 2.05) is 11.9 Å². The summed E-state index contributed by atoms with van der Waals surface area (Å²) in [5, 5.41) is 3.81. The minimum absolute atomic E-state index is 0.0830. The lowest BCUT2D eigenvalue weighted by molar-refractivity contribution is -0.139. The van der Waals surface area contributed by atoms with E-state index in [9.17, 15) is 26.0 Å². The molecule has 2 aromatic carbocycles. The molecule has 1 aliphatic heterocycles. The predicted molar refractivity (Wildman–Crippen MR) is 130 cm³/mol. The maximum atomic E-state index is 14.6. The molecule has 1 fully saturated rings. The van der Waals surface area contributed by atoms with Gasteiger partial charge in [0.05, 0.1) is 17.8 Å². The molecule has 190 valence electrons. The summed E-state index contributed by atoms with van der Waals surface area (Å²) in [6.07, 6.45) is -3.89. The van der Waals surface area contributed by atoms with Crippen molar-refractivity contribution in [2.24, 2.45) is 0 Å². The van der Waals surface area contributed by atoms with Crippen molar-refractivity contribution in [3.05, 3.63) is 54.1 Å². The van der Waals surface area contributed by atoms with Crippen molar-refractivity contribution in [3.8, 4) is 11.3 Å². The smallest absolute Gasteiger partial charge is 0.379 e. The van der Waals surface area contributed by atoms with E-state index in [1.54, 1.807) is 48.5 Å². The van der Waals surface area contributed by atoms with E-state index in [0.29, 0.717) is 46.4 Å². The lowest BCUT2D eigenvalue weighted by Gasteiger charge is -2.33. The van der Waals surface area contributed by atoms with Gasteiger partial charge in [-0.1, -0.05) is 30.3 Å². The SMILES string of the molecule is CN1CC[C@H](Nc2cccc3c2cc(-c2ccc(CNS(C)(=O)=O)cc2)n3CC(F)(F)F)[C@H](F)C1. The van der Waals surface area contributed by atoms with Crippen LogP contribution in [0.3, 0.4) is 0 Å². The summed E-state index contributed by atoms with van der Waals surface area (Å²) in [6.45, 7) is -0.0597. The molecular formula is C24H28F4N4O2S. The van der Waals surface area contributed by atoms with Crippen LogP contribution in [0.1, 0.15) is 12.0 Å². The first kappa shape index (κ1) is 25.5. The highest BCUT2D eigenvalue weighted by Gasteiger charge is 2.31. The summed E-state index contributed by atoms with van der Waals surface area (Å²) in [5.74, 6) is 0. The van der Waals surface area contributed by atoms with Crippen LogP contribution in [-0.2, 0) is 23.1 Å². The van der Waals surface area contributed by atoms with Crippen molar-refractivity contribution in [2.45, 2.75) is 37.9 Å². The molecule has 0 bridgehead atoms. The molecule has 11 heteroatoms. The second-order valence-corrected chi connectivity index (χ2v) is 10.9. The van der Waals surface area contributed by atoms with Crippen LogP contribution in [0.4, 0.5) is 23.2 Å². The molecule has 2 N–H and O–H groups in total. The standard InChI is InChI=1S/C24H28F4N4O2S/c1-31-11-10-21(19(25)14-31)30-20-4-3-5-22-18(20)12-23(32(22)15-24(26,27)28)17-8-6-16(7-9-17)13-29-35(2,33)34/h3-9,12,19,21,29-30H,10-11,13-15H2,1-2H3/t19-,21+/m1/s1. The van der Waals surface area contributed by atoms with Crippen LogP contribution in [0, 0.1) is 0 Å². The van der Waals surface area contributed by atoms with Crippen molar-refractivity contribution < 1.29 is 26.0 Å². The topological polar surface area (TPSA) is 66.4 Å². The quantitative estimate of drug-likeness (QED) is 0.462. The molecule has 2 atom stereocenters. The maximum Gasteiger partial charge on any atom is 0.406 e. The fourth-order valence-electron chi connectivity index (χ4n) is 4.43. The summed E-state index contributed by atoms with van der Waals surface area (Å²) in [7, 11) is -1.51.